The molecular formula is C13H23N3O. The molecule has 3 unspecified atom stereocenters. The third-order valence-corrected chi connectivity index (χ3v) is 4.62. The van der Waals surface area contributed by atoms with E-state index < -0.39 is 0 Å². The van der Waals surface area contributed by atoms with Crippen LogP contribution in [0.25, 0.3) is 0 Å². The molecule has 0 saturated carbocycles. The van der Waals surface area contributed by atoms with Gasteiger partial charge in [-0.05, 0) is 39.7 Å². The molecule has 3 heterocycles. The number of piperazine rings is 1. The van der Waals surface area contributed by atoms with Gasteiger partial charge in [-0.25, -0.2) is 0 Å². The minimum absolute atomic E-state index is 0.128. The van der Waals surface area contributed by atoms with Crippen LogP contribution in [0.1, 0.15) is 33.1 Å². The van der Waals surface area contributed by atoms with E-state index in [1.165, 1.54) is 12.8 Å². The Labute approximate surface area is 103 Å². The van der Waals surface area contributed by atoms with Gasteiger partial charge in [-0.1, -0.05) is 0 Å². The molecule has 3 aliphatic rings. The maximum atomic E-state index is 12.4. The lowest BCUT2D eigenvalue weighted by molar-refractivity contribution is -0.141. The van der Waals surface area contributed by atoms with E-state index >= 15 is 0 Å². The molecule has 2 bridgehead atoms. The number of amides is 1. The summed E-state index contributed by atoms with van der Waals surface area (Å²) in [5.74, 6) is 0.368. The lowest BCUT2D eigenvalue weighted by Gasteiger charge is -2.45. The van der Waals surface area contributed by atoms with Crippen molar-refractivity contribution < 1.29 is 4.79 Å². The number of hydrogen-bond donors (Lipinski definition) is 1. The molecule has 0 aromatic heterocycles. The average Bonchev–Trinajstić information content (AvgIpc) is 2.46. The number of nitrogens with one attached hydrogen (secondary N) is 1. The van der Waals surface area contributed by atoms with Crippen LogP contribution in [0.5, 0.6) is 0 Å². The zero-order valence-corrected chi connectivity index (χ0v) is 10.9. The van der Waals surface area contributed by atoms with Crippen LogP contribution in [0, 0.1) is 0 Å². The van der Waals surface area contributed by atoms with E-state index in [1.807, 2.05) is 0 Å². The Kier molecular flexibility index (Phi) is 2.87. The maximum Gasteiger partial charge on any atom is 0.240 e. The van der Waals surface area contributed by atoms with Crippen molar-refractivity contribution in [3.8, 4) is 0 Å². The summed E-state index contributed by atoms with van der Waals surface area (Å²) in [4.78, 5) is 17.1. The van der Waals surface area contributed by atoms with Crippen LogP contribution in [0.4, 0.5) is 0 Å². The first-order chi connectivity index (χ1) is 8.16. The predicted octanol–water partition coefficient (Wildman–Crippen LogP) is 0.432. The lowest BCUT2D eigenvalue weighted by Crippen LogP contribution is -2.63. The summed E-state index contributed by atoms with van der Waals surface area (Å²) in [6.07, 6.45) is 3.43. The van der Waals surface area contributed by atoms with Gasteiger partial charge in [0.1, 0.15) is 0 Å². The number of fused-ring (bicyclic) bond motifs is 2. The van der Waals surface area contributed by atoms with Crippen molar-refractivity contribution in [1.29, 1.82) is 0 Å². The van der Waals surface area contributed by atoms with Gasteiger partial charge >= 0.3 is 0 Å². The summed E-state index contributed by atoms with van der Waals surface area (Å²) in [7, 11) is 0. The lowest BCUT2D eigenvalue weighted by atomic mass is 10.0. The van der Waals surface area contributed by atoms with Crippen LogP contribution in [-0.2, 0) is 4.79 Å². The van der Waals surface area contributed by atoms with Crippen molar-refractivity contribution in [2.24, 2.45) is 0 Å². The van der Waals surface area contributed by atoms with Gasteiger partial charge in [0.2, 0.25) is 5.91 Å². The molecule has 1 amide bonds. The minimum Gasteiger partial charge on any atom is -0.333 e. The topological polar surface area (TPSA) is 35.6 Å². The van der Waals surface area contributed by atoms with Crippen LogP contribution in [0.3, 0.4) is 0 Å². The third kappa shape index (κ3) is 1.87. The van der Waals surface area contributed by atoms with Crippen molar-refractivity contribution in [2.75, 3.05) is 19.6 Å². The van der Waals surface area contributed by atoms with Crippen LogP contribution >= 0.6 is 0 Å². The normalized spacial score (nSPS) is 37.4. The number of carbonyl (C=O) groups excluding carboxylic acids is 1. The standard InChI is InChI=1S/C13H23N3O/c1-9(2)15-7-10-3-4-11(8-15)16(10)13(17)12-5-6-14-12/h9-12,14H,3-8H2,1-2H3. The molecule has 3 saturated heterocycles. The molecule has 0 aliphatic carbocycles. The first kappa shape index (κ1) is 11.5. The van der Waals surface area contributed by atoms with E-state index in [2.05, 4.69) is 29.0 Å². The fourth-order valence-electron chi connectivity index (χ4n) is 3.40. The van der Waals surface area contributed by atoms with Gasteiger partial charge in [0, 0.05) is 31.2 Å². The van der Waals surface area contributed by atoms with Gasteiger partial charge in [0.05, 0.1) is 6.04 Å². The summed E-state index contributed by atoms with van der Waals surface area (Å²) >= 11 is 0. The number of nitrogens with zero attached hydrogens (tertiary/aromatic N) is 2. The van der Waals surface area contributed by atoms with Crippen LogP contribution < -0.4 is 5.32 Å². The Morgan fingerprint density at radius 2 is 1.76 bits per heavy atom. The molecule has 4 nitrogen and oxygen atoms in total. The second-order valence-corrected chi connectivity index (χ2v) is 5.97. The summed E-state index contributed by atoms with van der Waals surface area (Å²) in [6.45, 7) is 7.67. The van der Waals surface area contributed by atoms with Crippen molar-refractivity contribution >= 4 is 5.91 Å². The third-order valence-electron chi connectivity index (χ3n) is 4.62. The van der Waals surface area contributed by atoms with E-state index in [4.69, 9.17) is 0 Å². The molecule has 0 spiro atoms. The second kappa shape index (κ2) is 4.25. The molecule has 3 rings (SSSR count). The highest BCUT2D eigenvalue weighted by molar-refractivity contribution is 5.83. The molecule has 4 heteroatoms. The molecular weight excluding hydrogens is 214 g/mol. The van der Waals surface area contributed by atoms with E-state index in [0.29, 0.717) is 24.0 Å². The first-order valence-electron chi connectivity index (χ1n) is 6.96. The minimum atomic E-state index is 0.128. The highest BCUT2D eigenvalue weighted by Gasteiger charge is 2.45. The Morgan fingerprint density at radius 1 is 1.18 bits per heavy atom. The highest BCUT2D eigenvalue weighted by Crippen LogP contribution is 2.32. The average molecular weight is 237 g/mol. The monoisotopic (exact) mass is 237 g/mol. The molecule has 1 N–H and O–H groups in total. The Morgan fingerprint density at radius 3 is 2.18 bits per heavy atom. The molecule has 96 valence electrons. The van der Waals surface area contributed by atoms with Crippen LogP contribution in [0.2, 0.25) is 0 Å². The van der Waals surface area contributed by atoms with Crippen molar-refractivity contribution in [3.05, 3.63) is 0 Å². The van der Waals surface area contributed by atoms with Gasteiger partial charge in [-0.3, -0.25) is 9.69 Å². The SMILES string of the molecule is CC(C)N1CC2CCC(C1)N2C(=O)C1CCN1. The van der Waals surface area contributed by atoms with Gasteiger partial charge in [0.25, 0.3) is 0 Å². The molecule has 17 heavy (non-hydrogen) atoms. The number of carbonyl (C=O) groups is 1. The number of hydrogen-bond acceptors (Lipinski definition) is 3. The zero-order valence-electron chi connectivity index (χ0n) is 10.9. The maximum absolute atomic E-state index is 12.4. The van der Waals surface area contributed by atoms with E-state index in [0.717, 1.165) is 26.1 Å². The molecule has 3 aliphatic heterocycles. The Balaban J connectivity index is 1.70. The van der Waals surface area contributed by atoms with Crippen molar-refractivity contribution in [3.63, 3.8) is 0 Å². The fraction of sp³-hybridized carbons (Fsp3) is 0.923. The second-order valence-electron chi connectivity index (χ2n) is 5.97. The predicted molar refractivity (Wildman–Crippen MR) is 66.8 cm³/mol. The molecule has 0 aromatic rings. The molecule has 3 fully saturated rings. The van der Waals surface area contributed by atoms with Gasteiger partial charge in [0.15, 0.2) is 0 Å². The molecule has 0 aromatic carbocycles. The summed E-state index contributed by atoms with van der Waals surface area (Å²) in [5, 5.41) is 3.24. The van der Waals surface area contributed by atoms with E-state index in [1.54, 1.807) is 0 Å². The number of rotatable bonds is 2. The highest BCUT2D eigenvalue weighted by atomic mass is 16.2. The first-order valence-corrected chi connectivity index (χ1v) is 6.96. The van der Waals surface area contributed by atoms with Crippen LogP contribution in [0.15, 0.2) is 0 Å². The Hall–Kier alpha value is -0.610. The Bertz CT molecular complexity index is 300. The largest absolute Gasteiger partial charge is 0.333 e. The fourth-order valence-corrected chi connectivity index (χ4v) is 3.40. The van der Waals surface area contributed by atoms with E-state index in [-0.39, 0.29) is 6.04 Å². The molecule has 0 radical (unpaired) electrons. The molecule has 3 atom stereocenters. The van der Waals surface area contributed by atoms with Crippen molar-refractivity contribution in [2.45, 2.75) is 57.3 Å². The smallest absolute Gasteiger partial charge is 0.240 e. The number of likely N-dealkylation sites (tertiary alicyclic amines) is 1. The summed E-state index contributed by atoms with van der Waals surface area (Å²) in [6, 6.07) is 1.69. The zero-order chi connectivity index (χ0) is 12.0. The van der Waals surface area contributed by atoms with E-state index in [9.17, 15) is 4.79 Å². The van der Waals surface area contributed by atoms with Crippen molar-refractivity contribution in [1.82, 2.24) is 15.1 Å². The summed E-state index contributed by atoms with van der Waals surface area (Å²) in [5.41, 5.74) is 0. The van der Waals surface area contributed by atoms with Crippen LogP contribution in [-0.4, -0.2) is 59.5 Å². The quantitative estimate of drug-likeness (QED) is 0.756. The van der Waals surface area contributed by atoms with Gasteiger partial charge in [-0.2, -0.15) is 0 Å². The summed E-state index contributed by atoms with van der Waals surface area (Å²) < 4.78 is 0. The van der Waals surface area contributed by atoms with Gasteiger partial charge < -0.3 is 10.2 Å². The van der Waals surface area contributed by atoms with Gasteiger partial charge in [-0.15, -0.1) is 0 Å².